The number of carbonyl (C=O) groups is 8. The van der Waals surface area contributed by atoms with E-state index >= 15 is 0 Å². The van der Waals surface area contributed by atoms with E-state index in [1.165, 1.54) is 32.9 Å². The van der Waals surface area contributed by atoms with E-state index in [4.69, 9.17) is 58.5 Å². The zero-order valence-electron chi connectivity index (χ0n) is 47.7. The molecule has 4 aromatic carbocycles. The Labute approximate surface area is 600 Å². The fraction of sp³-hybridized carbons (Fsp3) is 0.385. The maximum Gasteiger partial charge on any atom is 1.00 e. The molecule has 0 saturated heterocycles. The molecule has 0 aliphatic carbocycles. The minimum atomic E-state index is -0.416. The van der Waals surface area contributed by atoms with Gasteiger partial charge in [0.25, 0.3) is 6.47 Å². The first-order valence-corrected chi connectivity index (χ1v) is 23.4. The number of rotatable bonds is 18. The summed E-state index contributed by atoms with van der Waals surface area (Å²) in [7, 11) is 0.750. The summed E-state index contributed by atoms with van der Waals surface area (Å²) in [6, 6.07) is 19.5. The monoisotopic (exact) mass is 1400 g/mol. The Morgan fingerprint density at radius 3 is 1.18 bits per heavy atom. The van der Waals surface area contributed by atoms with Crippen molar-refractivity contribution in [2.75, 3.05) is 58.7 Å². The number of carbonyl (C=O) groups excluding carboxylic acids is 8. The summed E-state index contributed by atoms with van der Waals surface area (Å²) in [5.74, 6) is 0.793. The van der Waals surface area contributed by atoms with Gasteiger partial charge in [-0.3, -0.25) is 24.0 Å². The number of hydrogen-bond acceptors (Lipinski definition) is 21. The molecule has 25 heteroatoms. The predicted octanol–water partition coefficient (Wildman–Crippen LogP) is -2.97. The van der Waals surface area contributed by atoms with Gasteiger partial charge < -0.3 is 64.8 Å². The Morgan fingerprint density at radius 2 is 0.883 bits per heavy atom. The molecule has 0 fully saturated rings. The van der Waals surface area contributed by atoms with Gasteiger partial charge >= 0.3 is 197 Å². The molecule has 0 saturated carbocycles. The number of halogens is 1. The van der Waals surface area contributed by atoms with Gasteiger partial charge in [-0.15, -0.1) is 0 Å². The molecule has 21 nitrogen and oxygen atoms in total. The fourth-order valence-corrected chi connectivity index (χ4v) is 5.09. The molecule has 4 rings (SSSR count). The summed E-state index contributed by atoms with van der Waals surface area (Å²) in [6.07, 6.45) is 0. The number of aryl methyl sites for hydroxylation is 4. The van der Waals surface area contributed by atoms with Crippen LogP contribution in [0.2, 0.25) is 0 Å². The van der Waals surface area contributed by atoms with Crippen molar-refractivity contribution in [3.63, 3.8) is 0 Å². The summed E-state index contributed by atoms with van der Waals surface area (Å²) in [6.45, 7) is 19.4. The van der Waals surface area contributed by atoms with Gasteiger partial charge in [-0.25, -0.2) is 14.4 Å². The summed E-state index contributed by atoms with van der Waals surface area (Å²) in [4.78, 5) is 87.4. The van der Waals surface area contributed by atoms with Gasteiger partial charge in [-0.2, -0.15) is 7.11 Å². The van der Waals surface area contributed by atoms with Crippen molar-refractivity contribution in [3.8, 4) is 34.5 Å². The minimum absolute atomic E-state index is 0. The SMILES string of the molecule is CC(=O)c1ccc(O)c(C)c1.CCOC(=O)CBr.CCOC(=O)COc1ccc(C(C)=O)cc1C.CCOC(=O)COc1ccc(O)cc1C.CCOC(=O)COc1ccc(OC(C)=O)cc1C.C[O-].O=CO[O-].[Cs+].[Cs+].[H-].[Na+]. The zero-order chi connectivity index (χ0) is 57.2. The molecule has 412 valence electrons. The quantitative estimate of drug-likeness (QED) is 0.0116. The van der Waals surface area contributed by atoms with Gasteiger partial charge in [0.1, 0.15) is 39.8 Å². The molecule has 0 spiro atoms. The summed E-state index contributed by atoms with van der Waals surface area (Å²) < 4.78 is 39.5. The van der Waals surface area contributed by atoms with Crippen LogP contribution in [0.25, 0.3) is 0 Å². The van der Waals surface area contributed by atoms with E-state index in [0.717, 1.165) is 29.4 Å². The molecule has 0 bridgehead atoms. The topological polar surface area (TPSA) is 306 Å². The van der Waals surface area contributed by atoms with Crippen molar-refractivity contribution < 1.29 is 270 Å². The van der Waals surface area contributed by atoms with E-state index in [1.807, 2.05) is 6.92 Å². The number of phenols is 2. The van der Waals surface area contributed by atoms with E-state index in [0.29, 0.717) is 65.9 Å². The van der Waals surface area contributed by atoms with Gasteiger partial charge in [0.05, 0.1) is 26.4 Å². The molecule has 0 atom stereocenters. The number of aromatic hydroxyl groups is 2. The van der Waals surface area contributed by atoms with Crippen molar-refractivity contribution >= 4 is 63.8 Å². The predicted molar refractivity (Wildman–Crippen MR) is 270 cm³/mol. The first kappa shape index (κ1) is 85.8. The molecular weight excluding hydrogens is 1330 g/mol. The average molecular weight is 1400 g/mol. The number of hydrogen-bond donors (Lipinski definition) is 2. The second-order valence-corrected chi connectivity index (χ2v) is 14.5. The molecule has 0 aliphatic heterocycles. The van der Waals surface area contributed by atoms with Crippen molar-refractivity contribution in [3.05, 3.63) is 106 Å². The average Bonchev–Trinajstić information content (AvgIpc) is 3.35. The minimum Gasteiger partial charge on any atom is -1.00 e. The fourth-order valence-electron chi connectivity index (χ4n) is 4.93. The van der Waals surface area contributed by atoms with Crippen molar-refractivity contribution in [1.82, 2.24) is 0 Å². The summed E-state index contributed by atoms with van der Waals surface area (Å²) in [5.41, 5.74) is 4.38. The van der Waals surface area contributed by atoms with Crippen molar-refractivity contribution in [1.29, 1.82) is 0 Å². The zero-order valence-corrected chi connectivity index (χ0v) is 62.8. The largest absolute Gasteiger partial charge is 1.00 e. The molecule has 77 heavy (non-hydrogen) atoms. The Bertz CT molecular complexity index is 2360. The van der Waals surface area contributed by atoms with Gasteiger partial charge in [0.2, 0.25) is 0 Å². The van der Waals surface area contributed by atoms with E-state index in [2.05, 4.69) is 25.6 Å². The number of ketones is 2. The number of alkyl halides is 1. The van der Waals surface area contributed by atoms with Crippen LogP contribution in [0.15, 0.2) is 72.8 Å². The third-order valence-corrected chi connectivity index (χ3v) is 8.62. The number of Topliss-reactive ketones (excluding diaryl/α,β-unsaturated/α-hetero) is 2. The molecule has 4 aromatic rings. The standard InChI is InChI=1S/C13H16O5.C13H16O4.C11H14O4.C9H10O2.C4H7BrO2.CH2O3.CH3O.2Cs.Na.H/c1-4-16-13(15)8-17-12-6-5-11(7-9(12)2)18-10(3)14;1-4-16-13(15)8-17-12-6-5-11(10(3)14)7-9(12)2;1-3-14-11(13)7-15-10-5-4-9(12)6-8(10)2;1-6-5-8(7(2)10)3-4-9(6)11;1-2-7-4(6)3-5;2-1-4-3;1-2;;;;/h5-7H,4,8H2,1-3H3;5-7H,4,8H2,1-3H3;4-6,12H,3,7H2,1-2H3;3-5,11H,1-2H3;2-3H2,1H3;1,3H;1H3;;;;/q;;;;;;-1;3*+1;-1/p-1. The first-order chi connectivity index (χ1) is 35.0. The van der Waals surface area contributed by atoms with Gasteiger partial charge in [0.15, 0.2) is 31.4 Å². The van der Waals surface area contributed by atoms with Gasteiger partial charge in [-0.1, -0.05) is 15.9 Å². The second kappa shape index (κ2) is 54.1. The van der Waals surface area contributed by atoms with E-state index in [-0.39, 0.29) is 230 Å². The molecule has 0 unspecified atom stereocenters. The van der Waals surface area contributed by atoms with Gasteiger partial charge in [-0.05, 0) is 164 Å². The Morgan fingerprint density at radius 1 is 0.545 bits per heavy atom. The Balaban J connectivity index is -0.000000159. The van der Waals surface area contributed by atoms with Crippen LogP contribution in [0.4, 0.5) is 0 Å². The Kier molecular flexibility index (Phi) is 60.3. The van der Waals surface area contributed by atoms with Gasteiger partial charge in [0, 0.05) is 18.1 Å². The van der Waals surface area contributed by atoms with Crippen LogP contribution in [-0.2, 0) is 52.6 Å². The first-order valence-electron chi connectivity index (χ1n) is 22.2. The number of esters is 5. The van der Waals surface area contributed by atoms with E-state index in [1.54, 1.807) is 109 Å². The number of phenolic OH excluding ortho intramolecular Hbond substituents is 2. The third-order valence-electron chi connectivity index (χ3n) is 8.16. The number of ether oxygens (including phenoxy) is 8. The Hall–Kier alpha value is -2.46. The van der Waals surface area contributed by atoms with Crippen LogP contribution in [-0.4, -0.2) is 117 Å². The van der Waals surface area contributed by atoms with Crippen LogP contribution >= 0.6 is 15.9 Å². The van der Waals surface area contributed by atoms with Crippen LogP contribution in [0.5, 0.6) is 34.5 Å². The molecule has 0 aliphatic rings. The normalized spacial score (nSPS) is 8.82. The number of benzene rings is 4. The molecular formula is C52H68BrCs2NaO21. The summed E-state index contributed by atoms with van der Waals surface area (Å²) >= 11 is 2.94. The second-order valence-electron chi connectivity index (χ2n) is 14.0. The van der Waals surface area contributed by atoms with E-state index in [9.17, 15) is 33.6 Å². The van der Waals surface area contributed by atoms with Crippen molar-refractivity contribution in [2.24, 2.45) is 0 Å². The molecule has 2 N–H and O–H groups in total. The summed E-state index contributed by atoms with van der Waals surface area (Å²) in [5, 5.41) is 35.2. The molecule has 0 radical (unpaired) electrons. The van der Waals surface area contributed by atoms with Crippen LogP contribution in [0.3, 0.4) is 0 Å². The van der Waals surface area contributed by atoms with Crippen LogP contribution in [0, 0.1) is 27.7 Å². The molecule has 0 amide bonds. The maximum absolute atomic E-state index is 11.1. The smallest absolute Gasteiger partial charge is 1.00 e. The third kappa shape index (κ3) is 44.9. The molecule has 0 heterocycles. The van der Waals surface area contributed by atoms with Crippen molar-refractivity contribution in [2.45, 2.75) is 76.2 Å². The van der Waals surface area contributed by atoms with Crippen LogP contribution < -0.4 is 197 Å². The van der Waals surface area contributed by atoms with Crippen LogP contribution in [0.1, 0.15) is 92.9 Å². The molecule has 0 aromatic heterocycles. The maximum atomic E-state index is 11.1. The van der Waals surface area contributed by atoms with E-state index < -0.39 is 17.9 Å².